The second-order valence-electron chi connectivity index (χ2n) is 4.05. The zero-order chi connectivity index (χ0) is 14.7. The lowest BCUT2D eigenvalue weighted by atomic mass is 10.1. The molecule has 0 heterocycles. The predicted octanol–water partition coefficient (Wildman–Crippen LogP) is 3.45. The summed E-state index contributed by atoms with van der Waals surface area (Å²) in [4.78, 5) is 11.1. The third-order valence-electron chi connectivity index (χ3n) is 2.66. The predicted molar refractivity (Wildman–Crippen MR) is 76.2 cm³/mol. The summed E-state index contributed by atoms with van der Waals surface area (Å²) < 4.78 is 19.0. The van der Waals surface area contributed by atoms with E-state index in [1.165, 1.54) is 18.2 Å². The number of nitrogen functional groups attached to an aromatic ring is 1. The maximum Gasteiger partial charge on any atom is 0.339 e. The van der Waals surface area contributed by atoms with Crippen molar-refractivity contribution in [2.75, 3.05) is 5.73 Å². The number of benzene rings is 2. The van der Waals surface area contributed by atoms with Gasteiger partial charge < -0.3 is 15.6 Å². The smallest absolute Gasteiger partial charge is 0.339 e. The van der Waals surface area contributed by atoms with Crippen LogP contribution in [-0.2, 0) is 6.61 Å². The number of carboxylic acid groups (broad SMARTS) is 1. The molecule has 2 aromatic carbocycles. The van der Waals surface area contributed by atoms with Gasteiger partial charge in [0.1, 0.15) is 18.0 Å². The Morgan fingerprint density at radius 3 is 2.75 bits per heavy atom. The third-order valence-corrected chi connectivity index (χ3v) is 3.40. The Morgan fingerprint density at radius 2 is 2.10 bits per heavy atom. The normalized spacial score (nSPS) is 10.3. The minimum Gasteiger partial charge on any atom is -0.486 e. The number of carbonyl (C=O) groups is 1. The summed E-state index contributed by atoms with van der Waals surface area (Å²) in [6.45, 7) is 0.0787. The third kappa shape index (κ3) is 3.08. The summed E-state index contributed by atoms with van der Waals surface area (Å²) in [5, 5.41) is 9.08. The van der Waals surface area contributed by atoms with Crippen LogP contribution in [0.1, 0.15) is 15.9 Å². The molecular formula is C14H11BrFNO3. The highest BCUT2D eigenvalue weighted by Crippen LogP contribution is 2.28. The van der Waals surface area contributed by atoms with E-state index in [-0.39, 0.29) is 29.4 Å². The minimum atomic E-state index is -1.12. The molecule has 0 fully saturated rings. The van der Waals surface area contributed by atoms with Crippen LogP contribution < -0.4 is 10.5 Å². The standard InChI is InChI=1S/C14H11BrFNO3/c15-11-6-9(16)5-4-8(11)7-20-13-10(14(18)19)2-1-3-12(13)17/h1-6H,7,17H2,(H,18,19). The van der Waals surface area contributed by atoms with Crippen LogP contribution in [0.15, 0.2) is 40.9 Å². The van der Waals surface area contributed by atoms with Gasteiger partial charge >= 0.3 is 5.97 Å². The van der Waals surface area contributed by atoms with Gasteiger partial charge in [0.15, 0.2) is 5.75 Å². The number of aromatic carboxylic acids is 1. The minimum absolute atomic E-state index is 0.0109. The van der Waals surface area contributed by atoms with Gasteiger partial charge in [0, 0.05) is 10.0 Å². The first-order valence-corrected chi connectivity index (χ1v) is 6.47. The summed E-state index contributed by atoms with van der Waals surface area (Å²) in [5.41, 5.74) is 6.64. The van der Waals surface area contributed by atoms with Crippen molar-refractivity contribution in [3.05, 3.63) is 57.8 Å². The molecule has 3 N–H and O–H groups in total. The molecule has 0 spiro atoms. The fraction of sp³-hybridized carbons (Fsp3) is 0.0714. The fourth-order valence-corrected chi connectivity index (χ4v) is 2.14. The number of carboxylic acids is 1. The second kappa shape index (κ2) is 5.92. The Morgan fingerprint density at radius 1 is 1.35 bits per heavy atom. The second-order valence-corrected chi connectivity index (χ2v) is 4.91. The molecular weight excluding hydrogens is 329 g/mol. The topological polar surface area (TPSA) is 72.6 Å². The number of nitrogens with two attached hydrogens (primary N) is 1. The molecule has 0 atom stereocenters. The number of hydrogen-bond donors (Lipinski definition) is 2. The summed E-state index contributed by atoms with van der Waals surface area (Å²) >= 11 is 3.22. The molecule has 4 nitrogen and oxygen atoms in total. The summed E-state index contributed by atoms with van der Waals surface area (Å²) in [5.74, 6) is -1.38. The van der Waals surface area contributed by atoms with Crippen LogP contribution in [0, 0.1) is 5.82 Å². The first-order valence-electron chi connectivity index (χ1n) is 5.67. The van der Waals surface area contributed by atoms with Crippen molar-refractivity contribution in [2.45, 2.75) is 6.61 Å². The highest BCUT2D eigenvalue weighted by molar-refractivity contribution is 9.10. The van der Waals surface area contributed by atoms with Gasteiger partial charge in [-0.2, -0.15) is 0 Å². The number of rotatable bonds is 4. The molecule has 0 aliphatic heterocycles. The van der Waals surface area contributed by atoms with E-state index in [4.69, 9.17) is 15.6 Å². The van der Waals surface area contributed by atoms with Gasteiger partial charge in [0.2, 0.25) is 0 Å². The van der Waals surface area contributed by atoms with Crippen molar-refractivity contribution in [2.24, 2.45) is 0 Å². The number of ether oxygens (including phenoxy) is 1. The first kappa shape index (κ1) is 14.3. The Balaban J connectivity index is 2.25. The Labute approximate surface area is 123 Å². The van der Waals surface area contributed by atoms with Crippen molar-refractivity contribution in [1.29, 1.82) is 0 Å². The Hall–Kier alpha value is -2.08. The Kier molecular flexibility index (Phi) is 4.24. The molecule has 0 aliphatic rings. The number of halogens is 2. The molecule has 2 rings (SSSR count). The van der Waals surface area contributed by atoms with Gasteiger partial charge in [-0.15, -0.1) is 0 Å². The molecule has 0 unspecified atom stereocenters. The molecule has 0 bridgehead atoms. The zero-order valence-corrected chi connectivity index (χ0v) is 11.9. The SMILES string of the molecule is Nc1cccc(C(=O)O)c1OCc1ccc(F)cc1Br. The van der Waals surface area contributed by atoms with Crippen molar-refractivity contribution in [3.63, 3.8) is 0 Å². The molecule has 0 saturated carbocycles. The van der Waals surface area contributed by atoms with Crippen LogP contribution in [0.5, 0.6) is 5.75 Å². The van der Waals surface area contributed by atoms with Gasteiger partial charge in [-0.3, -0.25) is 0 Å². The van der Waals surface area contributed by atoms with Gasteiger partial charge in [0.25, 0.3) is 0 Å². The maximum atomic E-state index is 13.0. The van der Waals surface area contributed by atoms with Gasteiger partial charge in [-0.05, 0) is 24.3 Å². The van der Waals surface area contributed by atoms with Crippen LogP contribution >= 0.6 is 15.9 Å². The molecule has 0 amide bonds. The molecule has 0 saturated heterocycles. The highest BCUT2D eigenvalue weighted by atomic mass is 79.9. The van der Waals surface area contributed by atoms with E-state index < -0.39 is 5.97 Å². The number of para-hydroxylation sites is 1. The summed E-state index contributed by atoms with van der Waals surface area (Å²) in [6.07, 6.45) is 0. The number of hydrogen-bond acceptors (Lipinski definition) is 3. The van der Waals surface area contributed by atoms with Crippen LogP contribution in [0.3, 0.4) is 0 Å². The lowest BCUT2D eigenvalue weighted by Gasteiger charge is -2.12. The molecule has 0 aromatic heterocycles. The van der Waals surface area contributed by atoms with E-state index in [1.807, 2.05) is 0 Å². The van der Waals surface area contributed by atoms with Crippen molar-refractivity contribution >= 4 is 27.6 Å². The van der Waals surface area contributed by atoms with E-state index >= 15 is 0 Å². The van der Waals surface area contributed by atoms with Crippen molar-refractivity contribution in [1.82, 2.24) is 0 Å². The molecule has 2 aromatic rings. The largest absolute Gasteiger partial charge is 0.486 e. The van der Waals surface area contributed by atoms with Gasteiger partial charge in [-0.25, -0.2) is 9.18 Å². The molecule has 0 aliphatic carbocycles. The molecule has 104 valence electrons. The lowest BCUT2D eigenvalue weighted by Crippen LogP contribution is -2.06. The molecule has 20 heavy (non-hydrogen) atoms. The highest BCUT2D eigenvalue weighted by Gasteiger charge is 2.14. The van der Waals surface area contributed by atoms with Crippen LogP contribution in [0.2, 0.25) is 0 Å². The molecule has 6 heteroatoms. The Bertz CT molecular complexity index is 661. The number of anilines is 1. The van der Waals surface area contributed by atoms with Crippen LogP contribution in [0.25, 0.3) is 0 Å². The lowest BCUT2D eigenvalue weighted by molar-refractivity contribution is 0.0692. The average molecular weight is 340 g/mol. The first-order chi connectivity index (χ1) is 9.49. The van der Waals surface area contributed by atoms with Crippen molar-refractivity contribution in [3.8, 4) is 5.75 Å². The average Bonchev–Trinajstić information content (AvgIpc) is 2.38. The van der Waals surface area contributed by atoms with Crippen molar-refractivity contribution < 1.29 is 19.0 Å². The van der Waals surface area contributed by atoms with E-state index in [1.54, 1.807) is 18.2 Å². The van der Waals surface area contributed by atoms with E-state index in [2.05, 4.69) is 15.9 Å². The summed E-state index contributed by atoms with van der Waals surface area (Å²) in [7, 11) is 0. The monoisotopic (exact) mass is 339 g/mol. The summed E-state index contributed by atoms with van der Waals surface area (Å²) in [6, 6.07) is 8.68. The molecule has 0 radical (unpaired) electrons. The van der Waals surface area contributed by atoms with Crippen LogP contribution in [0.4, 0.5) is 10.1 Å². The van der Waals surface area contributed by atoms with E-state index in [9.17, 15) is 9.18 Å². The van der Waals surface area contributed by atoms with Gasteiger partial charge in [0.05, 0.1) is 5.69 Å². The maximum absolute atomic E-state index is 13.0. The quantitative estimate of drug-likeness (QED) is 0.837. The van der Waals surface area contributed by atoms with E-state index in [0.717, 1.165) is 0 Å². The van der Waals surface area contributed by atoms with Crippen LogP contribution in [-0.4, -0.2) is 11.1 Å². The zero-order valence-electron chi connectivity index (χ0n) is 10.3. The van der Waals surface area contributed by atoms with E-state index in [0.29, 0.717) is 10.0 Å². The van der Waals surface area contributed by atoms with Gasteiger partial charge in [-0.1, -0.05) is 28.1 Å². The fourth-order valence-electron chi connectivity index (χ4n) is 1.67.